The molecule has 4 heteroatoms. The molecule has 2 rings (SSSR count). The maximum absolute atomic E-state index is 9.01. The van der Waals surface area contributed by atoms with Crippen molar-refractivity contribution in [2.75, 3.05) is 0 Å². The van der Waals surface area contributed by atoms with Crippen LogP contribution in [-0.4, -0.2) is 0 Å². The number of hydrogen-bond acceptors (Lipinski definition) is 3. The highest BCUT2D eigenvalue weighted by molar-refractivity contribution is 9.10. The van der Waals surface area contributed by atoms with Gasteiger partial charge >= 0.3 is 0 Å². The Labute approximate surface area is 106 Å². The maximum Gasteiger partial charge on any atom is 0.114 e. The Morgan fingerprint density at radius 3 is 2.75 bits per heavy atom. The van der Waals surface area contributed by atoms with Gasteiger partial charge in [0, 0.05) is 9.37 Å². The third-order valence-electron chi connectivity index (χ3n) is 2.10. The van der Waals surface area contributed by atoms with E-state index in [1.807, 2.05) is 31.2 Å². The molecule has 1 heterocycles. The van der Waals surface area contributed by atoms with Gasteiger partial charge in [0.25, 0.3) is 0 Å². The lowest BCUT2D eigenvalue weighted by Gasteiger charge is -2.03. The van der Waals surface area contributed by atoms with Crippen LogP contribution >= 0.6 is 27.7 Å². The van der Waals surface area contributed by atoms with Crippen LogP contribution in [0.15, 0.2) is 49.2 Å². The Bertz CT molecular complexity index is 556. The molecule has 1 aromatic heterocycles. The minimum atomic E-state index is 0.675. The number of furan rings is 1. The molecule has 0 radical (unpaired) electrons. The van der Waals surface area contributed by atoms with Crippen molar-refractivity contribution >= 4 is 27.7 Å². The van der Waals surface area contributed by atoms with Crippen LogP contribution < -0.4 is 0 Å². The van der Waals surface area contributed by atoms with Gasteiger partial charge in [-0.1, -0.05) is 27.7 Å². The Balaban J connectivity index is 2.38. The lowest BCUT2D eigenvalue weighted by molar-refractivity contribution is 0.527. The third-order valence-corrected chi connectivity index (χ3v) is 3.79. The SMILES string of the molecule is Cc1occc1Sc1cc(Br)ccc1C#N. The van der Waals surface area contributed by atoms with E-state index in [2.05, 4.69) is 22.0 Å². The first-order valence-corrected chi connectivity index (χ1v) is 6.23. The van der Waals surface area contributed by atoms with Gasteiger partial charge < -0.3 is 4.42 Å². The molecule has 0 bridgehead atoms. The Hall–Kier alpha value is -1.18. The molecule has 2 nitrogen and oxygen atoms in total. The number of halogens is 1. The lowest BCUT2D eigenvalue weighted by Crippen LogP contribution is -1.81. The molecule has 0 saturated carbocycles. The first-order chi connectivity index (χ1) is 7.70. The van der Waals surface area contributed by atoms with Gasteiger partial charge in [-0.2, -0.15) is 5.26 Å². The number of benzene rings is 1. The van der Waals surface area contributed by atoms with Crippen LogP contribution in [0, 0.1) is 18.3 Å². The second-order valence-corrected chi connectivity index (χ2v) is 5.19. The summed E-state index contributed by atoms with van der Waals surface area (Å²) >= 11 is 4.94. The van der Waals surface area contributed by atoms with E-state index in [1.165, 1.54) is 11.8 Å². The van der Waals surface area contributed by atoms with Gasteiger partial charge in [-0.05, 0) is 31.2 Å². The van der Waals surface area contributed by atoms with Crippen LogP contribution in [-0.2, 0) is 0 Å². The average Bonchev–Trinajstić information content (AvgIpc) is 2.65. The summed E-state index contributed by atoms with van der Waals surface area (Å²) in [6.45, 7) is 1.91. The largest absolute Gasteiger partial charge is 0.468 e. The summed E-state index contributed by atoms with van der Waals surface area (Å²) in [6.07, 6.45) is 1.65. The van der Waals surface area contributed by atoms with Gasteiger partial charge in [-0.15, -0.1) is 0 Å². The summed E-state index contributed by atoms with van der Waals surface area (Å²) in [5.74, 6) is 0.869. The van der Waals surface area contributed by atoms with Crippen molar-refractivity contribution in [2.24, 2.45) is 0 Å². The van der Waals surface area contributed by atoms with Crippen LogP contribution in [0.3, 0.4) is 0 Å². The van der Waals surface area contributed by atoms with E-state index >= 15 is 0 Å². The maximum atomic E-state index is 9.01. The second-order valence-electron chi connectivity index (χ2n) is 3.20. The molecule has 16 heavy (non-hydrogen) atoms. The van der Waals surface area contributed by atoms with Crippen LogP contribution in [0.4, 0.5) is 0 Å². The van der Waals surface area contributed by atoms with E-state index < -0.39 is 0 Å². The van der Waals surface area contributed by atoms with Gasteiger partial charge in [-0.3, -0.25) is 0 Å². The number of rotatable bonds is 2. The number of nitriles is 1. The molecule has 0 fully saturated rings. The predicted octanol–water partition coefficient (Wildman–Crippen LogP) is 4.37. The zero-order chi connectivity index (χ0) is 11.5. The van der Waals surface area contributed by atoms with E-state index in [0.717, 1.165) is 20.0 Å². The fourth-order valence-electron chi connectivity index (χ4n) is 1.27. The molecular weight excluding hydrogens is 286 g/mol. The van der Waals surface area contributed by atoms with Crippen LogP contribution in [0.2, 0.25) is 0 Å². The molecule has 1 aromatic carbocycles. The highest BCUT2D eigenvalue weighted by Crippen LogP contribution is 2.34. The predicted molar refractivity (Wildman–Crippen MR) is 66.4 cm³/mol. The molecule has 0 aliphatic rings. The Morgan fingerprint density at radius 1 is 1.31 bits per heavy atom. The van der Waals surface area contributed by atoms with E-state index in [9.17, 15) is 0 Å². The van der Waals surface area contributed by atoms with Crippen LogP contribution in [0.25, 0.3) is 0 Å². The molecule has 0 saturated heterocycles. The molecule has 0 unspecified atom stereocenters. The molecular formula is C12H8BrNOS. The smallest absolute Gasteiger partial charge is 0.114 e. The average molecular weight is 294 g/mol. The Morgan fingerprint density at radius 2 is 2.12 bits per heavy atom. The second kappa shape index (κ2) is 4.77. The van der Waals surface area contributed by atoms with Gasteiger partial charge in [-0.25, -0.2) is 0 Å². The van der Waals surface area contributed by atoms with Gasteiger partial charge in [0.15, 0.2) is 0 Å². The summed E-state index contributed by atoms with van der Waals surface area (Å²) in [5.41, 5.74) is 0.675. The van der Waals surface area contributed by atoms with Crippen molar-refractivity contribution in [2.45, 2.75) is 16.7 Å². The minimum absolute atomic E-state index is 0.675. The summed E-state index contributed by atoms with van der Waals surface area (Å²) in [4.78, 5) is 1.97. The summed E-state index contributed by atoms with van der Waals surface area (Å²) in [7, 11) is 0. The van der Waals surface area contributed by atoms with Crippen molar-refractivity contribution in [3.05, 3.63) is 46.3 Å². The first kappa shape index (κ1) is 11.3. The molecule has 0 aliphatic carbocycles. The van der Waals surface area contributed by atoms with Gasteiger partial charge in [0.2, 0.25) is 0 Å². The monoisotopic (exact) mass is 293 g/mol. The molecule has 0 spiro atoms. The summed E-state index contributed by atoms with van der Waals surface area (Å²) in [5, 5.41) is 9.01. The van der Waals surface area contributed by atoms with E-state index in [0.29, 0.717) is 5.56 Å². The molecule has 2 aromatic rings. The molecule has 0 amide bonds. The first-order valence-electron chi connectivity index (χ1n) is 4.62. The van der Waals surface area contributed by atoms with Crippen molar-refractivity contribution in [1.82, 2.24) is 0 Å². The highest BCUT2D eigenvalue weighted by Gasteiger charge is 2.08. The summed E-state index contributed by atoms with van der Waals surface area (Å²) < 4.78 is 6.19. The normalized spacial score (nSPS) is 10.1. The quantitative estimate of drug-likeness (QED) is 0.825. The highest BCUT2D eigenvalue weighted by atomic mass is 79.9. The van der Waals surface area contributed by atoms with Crippen molar-refractivity contribution in [3.63, 3.8) is 0 Å². The topological polar surface area (TPSA) is 36.9 Å². The fraction of sp³-hybridized carbons (Fsp3) is 0.0833. The van der Waals surface area contributed by atoms with Crippen molar-refractivity contribution < 1.29 is 4.42 Å². The third kappa shape index (κ3) is 2.31. The zero-order valence-corrected chi connectivity index (χ0v) is 10.9. The van der Waals surface area contributed by atoms with E-state index in [1.54, 1.807) is 6.26 Å². The Kier molecular flexibility index (Phi) is 3.37. The fourth-order valence-corrected chi connectivity index (χ4v) is 2.75. The lowest BCUT2D eigenvalue weighted by atomic mass is 10.2. The summed E-state index contributed by atoms with van der Waals surface area (Å²) in [6, 6.07) is 9.70. The van der Waals surface area contributed by atoms with Crippen LogP contribution in [0.1, 0.15) is 11.3 Å². The van der Waals surface area contributed by atoms with Gasteiger partial charge in [0.1, 0.15) is 11.8 Å². The molecule has 80 valence electrons. The van der Waals surface area contributed by atoms with E-state index in [4.69, 9.17) is 9.68 Å². The molecule has 0 aliphatic heterocycles. The standard InChI is InChI=1S/C12H8BrNOS/c1-8-11(4-5-15-8)16-12-6-10(13)3-2-9(12)7-14/h2-6H,1H3. The van der Waals surface area contributed by atoms with Gasteiger partial charge in [0.05, 0.1) is 16.7 Å². The zero-order valence-electron chi connectivity index (χ0n) is 8.53. The molecule has 0 atom stereocenters. The van der Waals surface area contributed by atoms with Crippen molar-refractivity contribution in [1.29, 1.82) is 5.26 Å². The number of nitrogens with zero attached hydrogens (tertiary/aromatic N) is 1. The number of aryl methyl sites for hydroxylation is 1. The molecule has 0 N–H and O–H groups in total. The van der Waals surface area contributed by atoms with Crippen LogP contribution in [0.5, 0.6) is 0 Å². The number of hydrogen-bond donors (Lipinski definition) is 0. The van der Waals surface area contributed by atoms with Crippen molar-refractivity contribution in [3.8, 4) is 6.07 Å². The van der Waals surface area contributed by atoms with E-state index in [-0.39, 0.29) is 0 Å². The minimum Gasteiger partial charge on any atom is -0.468 e.